The number of aromatic nitrogens is 1. The van der Waals surface area contributed by atoms with Crippen molar-refractivity contribution in [1.29, 1.82) is 5.26 Å². The first kappa shape index (κ1) is 17.1. The van der Waals surface area contributed by atoms with Crippen molar-refractivity contribution < 1.29 is 8.42 Å². The second kappa shape index (κ2) is 6.75. The molecule has 0 unspecified atom stereocenters. The molecule has 1 aromatic heterocycles. The fraction of sp³-hybridized carbons (Fsp3) is 0.0455. The Morgan fingerprint density at radius 1 is 0.815 bits per heavy atom. The van der Waals surface area contributed by atoms with Crippen molar-refractivity contribution in [3.63, 3.8) is 0 Å². The van der Waals surface area contributed by atoms with Crippen LogP contribution in [0.15, 0.2) is 89.8 Å². The molecule has 4 rings (SSSR count). The highest BCUT2D eigenvalue weighted by Gasteiger charge is 2.26. The van der Waals surface area contributed by atoms with Gasteiger partial charge in [-0.25, -0.2) is 12.4 Å². The van der Waals surface area contributed by atoms with Crippen LogP contribution >= 0.6 is 0 Å². The molecular weight excluding hydrogens is 356 g/mol. The number of hydrogen-bond donors (Lipinski definition) is 0. The average molecular weight is 372 g/mol. The van der Waals surface area contributed by atoms with Gasteiger partial charge < -0.3 is 0 Å². The van der Waals surface area contributed by atoms with Crippen LogP contribution in [0.2, 0.25) is 0 Å². The average Bonchev–Trinajstić information content (AvgIpc) is 3.03. The van der Waals surface area contributed by atoms with Crippen LogP contribution in [0.25, 0.3) is 10.9 Å². The van der Waals surface area contributed by atoms with E-state index in [-0.39, 0.29) is 10.6 Å². The summed E-state index contributed by atoms with van der Waals surface area (Å²) >= 11 is 0. The zero-order valence-corrected chi connectivity index (χ0v) is 15.2. The van der Waals surface area contributed by atoms with E-state index >= 15 is 0 Å². The number of hydrogen-bond acceptors (Lipinski definition) is 3. The second-order valence-corrected chi connectivity index (χ2v) is 7.99. The summed E-state index contributed by atoms with van der Waals surface area (Å²) in [4.78, 5) is 0.161. The molecule has 0 saturated heterocycles. The highest BCUT2D eigenvalue weighted by Crippen LogP contribution is 2.31. The summed E-state index contributed by atoms with van der Waals surface area (Å²) in [5.41, 5.74) is 2.42. The van der Waals surface area contributed by atoms with Gasteiger partial charge >= 0.3 is 0 Å². The molecule has 0 aliphatic heterocycles. The van der Waals surface area contributed by atoms with E-state index in [1.54, 1.807) is 42.5 Å². The minimum atomic E-state index is -3.89. The maximum absolute atomic E-state index is 13.3. The largest absolute Gasteiger partial charge is 0.269 e. The highest BCUT2D eigenvalue weighted by molar-refractivity contribution is 7.90. The molecule has 0 aliphatic carbocycles. The molecule has 3 aromatic carbocycles. The summed E-state index contributed by atoms with van der Waals surface area (Å²) in [6, 6.07) is 27.3. The molecule has 0 aliphatic rings. The molecule has 1 heterocycles. The van der Waals surface area contributed by atoms with E-state index in [9.17, 15) is 13.7 Å². The summed E-state index contributed by atoms with van der Waals surface area (Å²) < 4.78 is 27.8. The number of benzene rings is 3. The van der Waals surface area contributed by atoms with Gasteiger partial charge in [0.25, 0.3) is 10.0 Å². The minimum absolute atomic E-state index is 0.156. The fourth-order valence-corrected chi connectivity index (χ4v) is 4.84. The Labute approximate surface area is 158 Å². The summed E-state index contributed by atoms with van der Waals surface area (Å²) in [5, 5.41) is 10.6. The monoisotopic (exact) mass is 372 g/mol. The molecule has 27 heavy (non-hydrogen) atoms. The van der Waals surface area contributed by atoms with Gasteiger partial charge in [0, 0.05) is 17.4 Å². The minimum Gasteiger partial charge on any atom is -0.223 e. The smallest absolute Gasteiger partial charge is 0.223 e. The van der Waals surface area contributed by atoms with Gasteiger partial charge in [-0.1, -0.05) is 66.7 Å². The van der Waals surface area contributed by atoms with Gasteiger partial charge in [0.15, 0.2) is 0 Å². The molecule has 132 valence electrons. The predicted molar refractivity (Wildman–Crippen MR) is 105 cm³/mol. The Kier molecular flexibility index (Phi) is 4.27. The van der Waals surface area contributed by atoms with Crippen LogP contribution in [0.5, 0.6) is 0 Å². The SMILES string of the molecule is N#Cc1c(Cc2ccccc2)c2ccccc2n1S(=O)(=O)c1ccccc1. The molecule has 0 fully saturated rings. The molecule has 4 aromatic rings. The molecule has 0 saturated carbocycles. The molecule has 0 atom stereocenters. The number of fused-ring (bicyclic) bond motifs is 1. The number of rotatable bonds is 4. The van der Waals surface area contributed by atoms with Gasteiger partial charge in [0.05, 0.1) is 10.4 Å². The van der Waals surface area contributed by atoms with Crippen molar-refractivity contribution in [2.75, 3.05) is 0 Å². The summed E-state index contributed by atoms with van der Waals surface area (Å²) in [6.45, 7) is 0. The van der Waals surface area contributed by atoms with Crippen LogP contribution in [0, 0.1) is 11.3 Å². The van der Waals surface area contributed by atoms with Crippen molar-refractivity contribution >= 4 is 20.9 Å². The lowest BCUT2D eigenvalue weighted by atomic mass is 10.0. The maximum atomic E-state index is 13.3. The molecule has 0 N–H and O–H groups in total. The van der Waals surface area contributed by atoms with Crippen molar-refractivity contribution in [3.8, 4) is 6.07 Å². The second-order valence-electron chi connectivity index (χ2n) is 6.20. The van der Waals surface area contributed by atoms with E-state index in [2.05, 4.69) is 6.07 Å². The highest BCUT2D eigenvalue weighted by atomic mass is 32.2. The van der Waals surface area contributed by atoms with Crippen molar-refractivity contribution in [2.45, 2.75) is 11.3 Å². The maximum Gasteiger partial charge on any atom is 0.269 e. The Morgan fingerprint density at radius 3 is 2.07 bits per heavy atom. The first-order valence-electron chi connectivity index (χ1n) is 8.50. The molecule has 0 bridgehead atoms. The van der Waals surface area contributed by atoms with E-state index in [4.69, 9.17) is 0 Å². The first-order valence-corrected chi connectivity index (χ1v) is 9.94. The predicted octanol–water partition coefficient (Wildman–Crippen LogP) is 4.34. The zero-order chi connectivity index (χ0) is 18.9. The molecule has 0 radical (unpaired) electrons. The third-order valence-electron chi connectivity index (χ3n) is 4.55. The third-order valence-corrected chi connectivity index (χ3v) is 6.28. The number of nitrogens with zero attached hydrogens (tertiary/aromatic N) is 2. The van der Waals surface area contributed by atoms with Crippen LogP contribution < -0.4 is 0 Å². The number of para-hydroxylation sites is 1. The van der Waals surface area contributed by atoms with Gasteiger partial charge in [0.2, 0.25) is 0 Å². The van der Waals surface area contributed by atoms with Crippen LogP contribution in [0.3, 0.4) is 0 Å². The molecule has 0 amide bonds. The van der Waals surface area contributed by atoms with Gasteiger partial charge in [0.1, 0.15) is 11.8 Å². The van der Waals surface area contributed by atoms with Gasteiger partial charge in [-0.3, -0.25) is 0 Å². The molecule has 0 spiro atoms. The van der Waals surface area contributed by atoms with Crippen molar-refractivity contribution in [1.82, 2.24) is 3.97 Å². The molecule has 5 heteroatoms. The molecular formula is C22H16N2O2S. The summed E-state index contributed by atoms with van der Waals surface area (Å²) in [6.07, 6.45) is 0.488. The van der Waals surface area contributed by atoms with E-state index in [1.807, 2.05) is 42.5 Å². The van der Waals surface area contributed by atoms with Crippen LogP contribution in [0.4, 0.5) is 0 Å². The van der Waals surface area contributed by atoms with Gasteiger partial charge in [-0.15, -0.1) is 0 Å². The number of nitriles is 1. The van der Waals surface area contributed by atoms with E-state index in [0.717, 1.165) is 16.5 Å². The lowest BCUT2D eigenvalue weighted by Crippen LogP contribution is -2.15. The normalized spacial score (nSPS) is 11.4. The fourth-order valence-electron chi connectivity index (χ4n) is 3.32. The standard InChI is InChI=1S/C22H16N2O2S/c23-16-22-20(15-17-9-3-1-4-10-17)19-13-7-8-14-21(19)24(22)27(25,26)18-11-5-2-6-12-18/h1-14H,15H2. The quantitative estimate of drug-likeness (QED) is 0.535. The lowest BCUT2D eigenvalue weighted by molar-refractivity contribution is 0.588. The Bertz CT molecular complexity index is 1250. The topological polar surface area (TPSA) is 62.9 Å². The summed E-state index contributed by atoms with van der Waals surface area (Å²) in [5.74, 6) is 0. The van der Waals surface area contributed by atoms with Crippen LogP contribution in [0.1, 0.15) is 16.8 Å². The van der Waals surface area contributed by atoms with Crippen LogP contribution in [-0.4, -0.2) is 12.4 Å². The van der Waals surface area contributed by atoms with E-state index < -0.39 is 10.0 Å². The third kappa shape index (κ3) is 2.90. The first-order chi connectivity index (χ1) is 13.1. The van der Waals surface area contributed by atoms with Crippen molar-refractivity contribution in [2.24, 2.45) is 0 Å². The summed E-state index contributed by atoms with van der Waals surface area (Å²) in [7, 11) is -3.89. The lowest BCUT2D eigenvalue weighted by Gasteiger charge is -2.09. The Morgan fingerprint density at radius 2 is 1.41 bits per heavy atom. The van der Waals surface area contributed by atoms with Crippen molar-refractivity contribution in [3.05, 3.63) is 102 Å². The van der Waals surface area contributed by atoms with E-state index in [1.165, 1.54) is 3.97 Å². The Hall–Kier alpha value is -3.36. The van der Waals surface area contributed by atoms with Crippen LogP contribution in [-0.2, 0) is 16.4 Å². The zero-order valence-electron chi connectivity index (χ0n) is 14.4. The van der Waals surface area contributed by atoms with Gasteiger partial charge in [-0.2, -0.15) is 5.26 Å². The molecule has 4 nitrogen and oxygen atoms in total. The van der Waals surface area contributed by atoms with Gasteiger partial charge in [-0.05, 0) is 23.8 Å². The van der Waals surface area contributed by atoms with E-state index in [0.29, 0.717) is 11.9 Å². The Balaban J connectivity index is 2.01.